The van der Waals surface area contributed by atoms with E-state index in [0.717, 1.165) is 0 Å². The highest BCUT2D eigenvalue weighted by Gasteiger charge is 2.14. The van der Waals surface area contributed by atoms with Crippen LogP contribution in [-0.2, 0) is 6.54 Å². The molecule has 1 aromatic rings. The Hall–Kier alpha value is -1.91. The van der Waals surface area contributed by atoms with Crippen molar-refractivity contribution >= 4 is 11.9 Å². The lowest BCUT2D eigenvalue weighted by atomic mass is 10.4. The van der Waals surface area contributed by atoms with Crippen LogP contribution in [0.25, 0.3) is 6.08 Å². The summed E-state index contributed by atoms with van der Waals surface area (Å²) >= 11 is 0. The highest BCUT2D eigenvalue weighted by molar-refractivity contribution is 5.45. The third kappa shape index (κ3) is 1.81. The average Bonchev–Trinajstić information content (AvgIpc) is 2.48. The van der Waals surface area contributed by atoms with Crippen molar-refractivity contribution in [2.75, 3.05) is 0 Å². The molecule has 13 heavy (non-hydrogen) atoms. The summed E-state index contributed by atoms with van der Waals surface area (Å²) in [5.41, 5.74) is 0.617. The van der Waals surface area contributed by atoms with Crippen LogP contribution in [0.2, 0.25) is 0 Å². The third-order valence-corrected chi connectivity index (χ3v) is 1.50. The SMILES string of the molecule is C=CCn1nc([N+](=O)[O-])cc1C=C. The lowest BCUT2D eigenvalue weighted by Crippen LogP contribution is -2.00. The van der Waals surface area contributed by atoms with E-state index in [1.807, 2.05) is 0 Å². The fourth-order valence-electron chi connectivity index (χ4n) is 0.939. The molecular weight excluding hydrogens is 170 g/mol. The Morgan fingerprint density at radius 2 is 2.38 bits per heavy atom. The van der Waals surface area contributed by atoms with Gasteiger partial charge in [-0.05, 0) is 11.0 Å². The largest absolute Gasteiger partial charge is 0.390 e. The summed E-state index contributed by atoms with van der Waals surface area (Å²) in [5, 5.41) is 14.1. The Balaban J connectivity index is 3.10. The van der Waals surface area contributed by atoms with E-state index in [2.05, 4.69) is 18.3 Å². The first-order chi connectivity index (χ1) is 6.19. The zero-order valence-electron chi connectivity index (χ0n) is 7.01. The Labute approximate surface area is 75.1 Å². The van der Waals surface area contributed by atoms with Crippen molar-refractivity contribution in [3.05, 3.63) is 41.1 Å². The summed E-state index contributed by atoms with van der Waals surface area (Å²) in [6.07, 6.45) is 3.13. The van der Waals surface area contributed by atoms with Crippen LogP contribution in [0.4, 0.5) is 5.82 Å². The second kappa shape index (κ2) is 3.66. The van der Waals surface area contributed by atoms with Crippen LogP contribution < -0.4 is 0 Å². The molecule has 0 bridgehead atoms. The molecule has 0 aliphatic rings. The maximum Gasteiger partial charge on any atom is 0.390 e. The molecule has 0 aliphatic carbocycles. The number of rotatable bonds is 4. The van der Waals surface area contributed by atoms with E-state index in [-0.39, 0.29) is 5.82 Å². The predicted octanol–water partition coefficient (Wildman–Crippen LogP) is 1.62. The summed E-state index contributed by atoms with van der Waals surface area (Å²) in [7, 11) is 0. The van der Waals surface area contributed by atoms with E-state index < -0.39 is 4.92 Å². The van der Waals surface area contributed by atoms with Crippen molar-refractivity contribution in [1.82, 2.24) is 9.78 Å². The minimum absolute atomic E-state index is 0.170. The smallest absolute Gasteiger partial charge is 0.358 e. The van der Waals surface area contributed by atoms with Gasteiger partial charge in [-0.25, -0.2) is 0 Å². The molecule has 5 heteroatoms. The minimum Gasteiger partial charge on any atom is -0.358 e. The Kier molecular flexibility index (Phi) is 2.59. The third-order valence-electron chi connectivity index (χ3n) is 1.50. The van der Waals surface area contributed by atoms with Gasteiger partial charge in [0.05, 0.1) is 23.4 Å². The molecule has 0 saturated carbocycles. The zero-order valence-corrected chi connectivity index (χ0v) is 7.01. The number of allylic oxidation sites excluding steroid dienone is 1. The molecule has 0 amide bonds. The zero-order chi connectivity index (χ0) is 9.84. The number of hydrogen-bond acceptors (Lipinski definition) is 3. The average molecular weight is 179 g/mol. The molecular formula is C8H9N3O2. The first-order valence-corrected chi connectivity index (χ1v) is 3.64. The Morgan fingerprint density at radius 1 is 1.69 bits per heavy atom. The summed E-state index contributed by atoms with van der Waals surface area (Å²) < 4.78 is 1.47. The molecule has 0 atom stereocenters. The van der Waals surface area contributed by atoms with E-state index in [1.54, 1.807) is 6.08 Å². The minimum atomic E-state index is -0.535. The highest BCUT2D eigenvalue weighted by atomic mass is 16.6. The van der Waals surface area contributed by atoms with Crippen LogP contribution in [0.15, 0.2) is 25.3 Å². The van der Waals surface area contributed by atoms with Gasteiger partial charge in [0.25, 0.3) is 0 Å². The summed E-state index contributed by atoms with van der Waals surface area (Å²) in [5.74, 6) is -0.170. The molecule has 0 spiro atoms. The fraction of sp³-hybridized carbons (Fsp3) is 0.125. The molecule has 0 unspecified atom stereocenters. The number of nitrogens with zero attached hydrogens (tertiary/aromatic N) is 3. The van der Waals surface area contributed by atoms with Crippen LogP contribution in [0.5, 0.6) is 0 Å². The van der Waals surface area contributed by atoms with Crippen LogP contribution in [0, 0.1) is 10.1 Å². The topological polar surface area (TPSA) is 61.0 Å². The normalized spacial score (nSPS) is 9.54. The van der Waals surface area contributed by atoms with E-state index in [9.17, 15) is 10.1 Å². The van der Waals surface area contributed by atoms with Gasteiger partial charge in [-0.1, -0.05) is 12.7 Å². The Bertz CT molecular complexity index is 354. The van der Waals surface area contributed by atoms with Crippen molar-refractivity contribution in [2.24, 2.45) is 0 Å². The van der Waals surface area contributed by atoms with E-state index in [1.165, 1.54) is 16.8 Å². The Morgan fingerprint density at radius 3 is 2.85 bits per heavy atom. The van der Waals surface area contributed by atoms with Crippen LogP contribution >= 0.6 is 0 Å². The lowest BCUT2D eigenvalue weighted by Gasteiger charge is -1.91. The highest BCUT2D eigenvalue weighted by Crippen LogP contribution is 2.12. The second-order valence-electron chi connectivity index (χ2n) is 2.36. The van der Waals surface area contributed by atoms with E-state index >= 15 is 0 Å². The van der Waals surface area contributed by atoms with Crippen molar-refractivity contribution in [3.8, 4) is 0 Å². The van der Waals surface area contributed by atoms with Gasteiger partial charge in [-0.3, -0.25) is 0 Å². The maximum absolute atomic E-state index is 10.4. The van der Waals surface area contributed by atoms with Crippen LogP contribution in [-0.4, -0.2) is 14.7 Å². The van der Waals surface area contributed by atoms with Crippen LogP contribution in [0.3, 0.4) is 0 Å². The molecule has 5 nitrogen and oxygen atoms in total. The van der Waals surface area contributed by atoms with Gasteiger partial charge >= 0.3 is 5.82 Å². The maximum atomic E-state index is 10.4. The molecule has 0 saturated heterocycles. The van der Waals surface area contributed by atoms with Crippen molar-refractivity contribution < 1.29 is 4.92 Å². The summed E-state index contributed by atoms with van der Waals surface area (Å²) in [6.45, 7) is 7.49. The van der Waals surface area contributed by atoms with Gasteiger partial charge in [0, 0.05) is 0 Å². The van der Waals surface area contributed by atoms with Gasteiger partial charge in [-0.2, -0.15) is 4.68 Å². The van der Waals surface area contributed by atoms with Crippen molar-refractivity contribution in [1.29, 1.82) is 0 Å². The summed E-state index contributed by atoms with van der Waals surface area (Å²) in [4.78, 5) is 9.82. The van der Waals surface area contributed by atoms with Crippen molar-refractivity contribution in [2.45, 2.75) is 6.54 Å². The molecule has 0 aromatic carbocycles. The quantitative estimate of drug-likeness (QED) is 0.401. The number of aromatic nitrogens is 2. The van der Waals surface area contributed by atoms with Gasteiger partial charge < -0.3 is 10.1 Å². The molecule has 68 valence electrons. The van der Waals surface area contributed by atoms with Gasteiger partial charge in [0.1, 0.15) is 0 Å². The number of hydrogen-bond donors (Lipinski definition) is 0. The molecule has 1 heterocycles. The first kappa shape index (κ1) is 9.18. The lowest BCUT2D eigenvalue weighted by molar-refractivity contribution is -0.389. The molecule has 0 fully saturated rings. The van der Waals surface area contributed by atoms with Crippen LogP contribution in [0.1, 0.15) is 5.69 Å². The van der Waals surface area contributed by atoms with E-state index in [0.29, 0.717) is 12.2 Å². The van der Waals surface area contributed by atoms with Gasteiger partial charge in [-0.15, -0.1) is 6.58 Å². The second-order valence-corrected chi connectivity index (χ2v) is 2.36. The molecule has 0 aliphatic heterocycles. The van der Waals surface area contributed by atoms with E-state index in [4.69, 9.17) is 0 Å². The number of nitro groups is 1. The first-order valence-electron chi connectivity index (χ1n) is 3.64. The predicted molar refractivity (Wildman–Crippen MR) is 49.2 cm³/mol. The standard InChI is InChI=1S/C8H9N3O2/c1-3-5-10-7(4-2)6-8(9-10)11(12)13/h3-4,6H,1-2,5H2. The van der Waals surface area contributed by atoms with Gasteiger partial charge in [0.2, 0.25) is 0 Å². The molecule has 1 aromatic heterocycles. The van der Waals surface area contributed by atoms with Gasteiger partial charge in [0.15, 0.2) is 0 Å². The fourth-order valence-corrected chi connectivity index (χ4v) is 0.939. The molecule has 1 rings (SSSR count). The molecule has 0 N–H and O–H groups in total. The van der Waals surface area contributed by atoms with Crippen molar-refractivity contribution in [3.63, 3.8) is 0 Å². The molecule has 0 radical (unpaired) electrons. The summed E-state index contributed by atoms with van der Waals surface area (Å²) in [6, 6.07) is 1.37. The monoisotopic (exact) mass is 179 g/mol.